The molecule has 2 amide bonds. The van der Waals surface area contributed by atoms with E-state index in [1.165, 1.54) is 5.56 Å². The molecule has 1 aromatic rings. The van der Waals surface area contributed by atoms with Gasteiger partial charge in [0.15, 0.2) is 0 Å². The molecule has 112 valence electrons. The molecular weight excluding hydrogens is 252 g/mol. The standard InChI is InChI=1S/C16H26N2O2/c1-5-18(10-11-19)16(20)17-15(12(2)3)14-9-7-6-8-13(14)4/h6-9,12,15,19H,5,10-11H2,1-4H3,(H,17,20). The number of benzene rings is 1. The van der Waals surface area contributed by atoms with Crippen LogP contribution in [0.15, 0.2) is 24.3 Å². The Morgan fingerprint density at radius 2 is 2.00 bits per heavy atom. The van der Waals surface area contributed by atoms with Crippen molar-refractivity contribution in [1.29, 1.82) is 0 Å². The Morgan fingerprint density at radius 1 is 1.35 bits per heavy atom. The van der Waals surface area contributed by atoms with Crippen molar-refractivity contribution in [2.45, 2.75) is 33.7 Å². The molecule has 2 N–H and O–H groups in total. The summed E-state index contributed by atoms with van der Waals surface area (Å²) in [5.74, 6) is 0.299. The van der Waals surface area contributed by atoms with E-state index in [1.54, 1.807) is 4.90 Å². The van der Waals surface area contributed by atoms with E-state index in [9.17, 15) is 4.79 Å². The van der Waals surface area contributed by atoms with Crippen molar-refractivity contribution in [2.24, 2.45) is 5.92 Å². The monoisotopic (exact) mass is 278 g/mol. The van der Waals surface area contributed by atoms with Gasteiger partial charge in [-0.3, -0.25) is 0 Å². The molecule has 0 radical (unpaired) electrons. The molecule has 0 heterocycles. The predicted octanol–water partition coefficient (Wildman–Crippen LogP) is 2.72. The number of amides is 2. The Bertz CT molecular complexity index is 432. The van der Waals surface area contributed by atoms with E-state index < -0.39 is 0 Å². The second kappa shape index (κ2) is 7.90. The summed E-state index contributed by atoms with van der Waals surface area (Å²) >= 11 is 0. The minimum absolute atomic E-state index is 0.0159. The lowest BCUT2D eigenvalue weighted by Crippen LogP contribution is -2.44. The third-order valence-corrected chi connectivity index (χ3v) is 3.51. The molecule has 0 fully saturated rings. The van der Waals surface area contributed by atoms with Gasteiger partial charge in [-0.25, -0.2) is 4.79 Å². The van der Waals surface area contributed by atoms with E-state index >= 15 is 0 Å². The molecule has 0 bridgehead atoms. The van der Waals surface area contributed by atoms with E-state index in [0.717, 1.165) is 5.56 Å². The molecule has 0 aromatic heterocycles. The number of aliphatic hydroxyl groups is 1. The van der Waals surface area contributed by atoms with E-state index in [0.29, 0.717) is 19.0 Å². The Labute approximate surface area is 121 Å². The first kappa shape index (κ1) is 16.5. The minimum atomic E-state index is -0.122. The normalized spacial score (nSPS) is 12.3. The molecule has 1 aromatic carbocycles. The van der Waals surface area contributed by atoms with Gasteiger partial charge in [0.1, 0.15) is 0 Å². The van der Waals surface area contributed by atoms with Gasteiger partial charge in [-0.15, -0.1) is 0 Å². The molecule has 0 aliphatic heterocycles. The zero-order chi connectivity index (χ0) is 15.1. The van der Waals surface area contributed by atoms with E-state index in [1.807, 2.05) is 19.1 Å². The Hall–Kier alpha value is -1.55. The number of carbonyl (C=O) groups is 1. The van der Waals surface area contributed by atoms with Gasteiger partial charge in [-0.1, -0.05) is 38.1 Å². The maximum atomic E-state index is 12.3. The van der Waals surface area contributed by atoms with Crippen molar-refractivity contribution in [3.8, 4) is 0 Å². The number of hydrogen-bond acceptors (Lipinski definition) is 2. The van der Waals surface area contributed by atoms with E-state index in [-0.39, 0.29) is 18.7 Å². The number of urea groups is 1. The maximum Gasteiger partial charge on any atom is 0.317 e. The first-order chi connectivity index (χ1) is 9.51. The van der Waals surface area contributed by atoms with Crippen LogP contribution in [0.2, 0.25) is 0 Å². The second-order valence-electron chi connectivity index (χ2n) is 5.33. The number of nitrogens with one attached hydrogen (secondary N) is 1. The third kappa shape index (κ3) is 4.23. The minimum Gasteiger partial charge on any atom is -0.395 e. The highest BCUT2D eigenvalue weighted by atomic mass is 16.3. The number of rotatable bonds is 6. The Morgan fingerprint density at radius 3 is 2.50 bits per heavy atom. The van der Waals surface area contributed by atoms with Gasteiger partial charge >= 0.3 is 6.03 Å². The maximum absolute atomic E-state index is 12.3. The number of hydrogen-bond donors (Lipinski definition) is 2. The van der Waals surface area contributed by atoms with Crippen LogP contribution >= 0.6 is 0 Å². The molecule has 1 atom stereocenters. The third-order valence-electron chi connectivity index (χ3n) is 3.51. The molecule has 0 spiro atoms. The fourth-order valence-electron chi connectivity index (χ4n) is 2.29. The van der Waals surface area contributed by atoms with Crippen LogP contribution in [0.25, 0.3) is 0 Å². The Balaban J connectivity index is 2.88. The molecule has 0 saturated carbocycles. The average Bonchev–Trinajstić information content (AvgIpc) is 2.42. The first-order valence-corrected chi connectivity index (χ1v) is 7.23. The number of aryl methyl sites for hydroxylation is 1. The van der Waals surface area contributed by atoms with Crippen molar-refractivity contribution in [1.82, 2.24) is 10.2 Å². The second-order valence-corrected chi connectivity index (χ2v) is 5.33. The summed E-state index contributed by atoms with van der Waals surface area (Å²) in [5.41, 5.74) is 2.33. The first-order valence-electron chi connectivity index (χ1n) is 7.23. The molecule has 1 rings (SSSR count). The van der Waals surface area contributed by atoms with Crippen LogP contribution in [0.3, 0.4) is 0 Å². The predicted molar refractivity (Wildman–Crippen MR) is 81.6 cm³/mol. The van der Waals surface area contributed by atoms with Crippen LogP contribution in [-0.4, -0.2) is 35.7 Å². The molecule has 0 aliphatic rings. The number of aliphatic hydroxyl groups excluding tert-OH is 1. The van der Waals surface area contributed by atoms with E-state index in [4.69, 9.17) is 5.11 Å². The van der Waals surface area contributed by atoms with Gasteiger partial charge in [-0.05, 0) is 30.9 Å². The molecule has 4 nitrogen and oxygen atoms in total. The van der Waals surface area contributed by atoms with Crippen molar-refractivity contribution < 1.29 is 9.90 Å². The molecule has 0 aliphatic carbocycles. The summed E-state index contributed by atoms with van der Waals surface area (Å²) < 4.78 is 0. The highest BCUT2D eigenvalue weighted by Gasteiger charge is 2.22. The molecule has 0 saturated heterocycles. The van der Waals surface area contributed by atoms with Gasteiger partial charge in [-0.2, -0.15) is 0 Å². The highest BCUT2D eigenvalue weighted by molar-refractivity contribution is 5.74. The average molecular weight is 278 g/mol. The van der Waals surface area contributed by atoms with Gasteiger partial charge in [0.2, 0.25) is 0 Å². The van der Waals surface area contributed by atoms with Crippen LogP contribution in [0.4, 0.5) is 4.79 Å². The van der Waals surface area contributed by atoms with Gasteiger partial charge in [0.05, 0.1) is 12.6 Å². The lowest BCUT2D eigenvalue weighted by Gasteiger charge is -2.28. The summed E-state index contributed by atoms with van der Waals surface area (Å²) in [6.07, 6.45) is 0. The van der Waals surface area contributed by atoms with Crippen LogP contribution in [-0.2, 0) is 0 Å². The van der Waals surface area contributed by atoms with Gasteiger partial charge in [0, 0.05) is 13.1 Å². The topological polar surface area (TPSA) is 52.6 Å². The number of carbonyl (C=O) groups excluding carboxylic acids is 1. The quantitative estimate of drug-likeness (QED) is 0.840. The lowest BCUT2D eigenvalue weighted by atomic mass is 9.93. The SMILES string of the molecule is CCN(CCO)C(=O)NC(c1ccccc1C)C(C)C. The Kier molecular flexibility index (Phi) is 6.52. The fraction of sp³-hybridized carbons (Fsp3) is 0.562. The van der Waals surface area contributed by atoms with Crippen LogP contribution in [0.1, 0.15) is 37.9 Å². The smallest absolute Gasteiger partial charge is 0.317 e. The van der Waals surface area contributed by atoms with Crippen LogP contribution < -0.4 is 5.32 Å². The van der Waals surface area contributed by atoms with Crippen molar-refractivity contribution in [2.75, 3.05) is 19.7 Å². The number of likely N-dealkylation sites (N-methyl/N-ethyl adjacent to an activating group) is 1. The largest absolute Gasteiger partial charge is 0.395 e. The molecular formula is C16H26N2O2. The molecule has 1 unspecified atom stereocenters. The van der Waals surface area contributed by atoms with Gasteiger partial charge < -0.3 is 15.3 Å². The summed E-state index contributed by atoms with van der Waals surface area (Å²) in [7, 11) is 0. The molecule has 4 heteroatoms. The van der Waals surface area contributed by atoms with Crippen molar-refractivity contribution in [3.05, 3.63) is 35.4 Å². The van der Waals surface area contributed by atoms with Crippen LogP contribution in [0, 0.1) is 12.8 Å². The van der Waals surface area contributed by atoms with E-state index in [2.05, 4.69) is 38.2 Å². The summed E-state index contributed by atoms with van der Waals surface area (Å²) in [6, 6.07) is 7.97. The van der Waals surface area contributed by atoms with Crippen LogP contribution in [0.5, 0.6) is 0 Å². The lowest BCUT2D eigenvalue weighted by molar-refractivity contribution is 0.174. The summed E-state index contributed by atoms with van der Waals surface area (Å²) in [4.78, 5) is 13.9. The van der Waals surface area contributed by atoms with Crippen molar-refractivity contribution in [3.63, 3.8) is 0 Å². The summed E-state index contributed by atoms with van der Waals surface area (Å²) in [5, 5.41) is 12.1. The molecule has 20 heavy (non-hydrogen) atoms. The van der Waals surface area contributed by atoms with Crippen molar-refractivity contribution >= 4 is 6.03 Å². The highest BCUT2D eigenvalue weighted by Crippen LogP contribution is 2.24. The zero-order valence-corrected chi connectivity index (χ0v) is 12.9. The fourth-order valence-corrected chi connectivity index (χ4v) is 2.29. The zero-order valence-electron chi connectivity index (χ0n) is 12.9. The number of nitrogens with zero attached hydrogens (tertiary/aromatic N) is 1. The van der Waals surface area contributed by atoms with Gasteiger partial charge in [0.25, 0.3) is 0 Å². The summed E-state index contributed by atoms with van der Waals surface area (Å²) in [6.45, 7) is 9.10.